The predicted molar refractivity (Wildman–Crippen MR) is 108 cm³/mol. The van der Waals surface area contributed by atoms with Crippen LogP contribution in [-0.4, -0.2) is 40.0 Å². The fraction of sp³-hybridized carbons (Fsp3) is 0.0952. The van der Waals surface area contributed by atoms with E-state index in [-0.39, 0.29) is 29.2 Å². The molecule has 9 heteroatoms. The van der Waals surface area contributed by atoms with Crippen molar-refractivity contribution in [3.8, 4) is 5.75 Å². The van der Waals surface area contributed by atoms with E-state index in [1.54, 1.807) is 31.4 Å². The van der Waals surface area contributed by atoms with Gasteiger partial charge in [-0.1, -0.05) is 24.3 Å². The van der Waals surface area contributed by atoms with E-state index in [9.17, 15) is 19.5 Å². The van der Waals surface area contributed by atoms with Crippen molar-refractivity contribution in [1.29, 1.82) is 0 Å². The van der Waals surface area contributed by atoms with Gasteiger partial charge >= 0.3 is 5.97 Å². The second kappa shape index (κ2) is 9.28. The van der Waals surface area contributed by atoms with Crippen molar-refractivity contribution >= 4 is 23.5 Å². The number of carbonyl (C=O) groups is 3. The lowest BCUT2D eigenvalue weighted by Crippen LogP contribution is -2.25. The van der Waals surface area contributed by atoms with E-state index in [1.165, 1.54) is 18.2 Å². The number of ether oxygens (including phenoxy) is 1. The number of para-hydroxylation sites is 1. The van der Waals surface area contributed by atoms with E-state index in [0.717, 1.165) is 11.9 Å². The van der Waals surface area contributed by atoms with Gasteiger partial charge in [0.05, 0.1) is 18.4 Å². The number of methoxy groups -OCH3 is 1. The van der Waals surface area contributed by atoms with Crippen LogP contribution in [0, 0.1) is 0 Å². The molecule has 0 saturated carbocycles. The van der Waals surface area contributed by atoms with Crippen molar-refractivity contribution < 1.29 is 24.2 Å². The molecule has 3 aromatic rings. The summed E-state index contributed by atoms with van der Waals surface area (Å²) in [6.45, 7) is 0.244. The quantitative estimate of drug-likeness (QED) is 0.549. The van der Waals surface area contributed by atoms with Gasteiger partial charge in [0.2, 0.25) is 0 Å². The molecule has 2 aromatic carbocycles. The summed E-state index contributed by atoms with van der Waals surface area (Å²) < 4.78 is 5.15. The number of carboxylic acids is 1. The first-order valence-electron chi connectivity index (χ1n) is 8.85. The molecular formula is C21H18N4O5. The standard InChI is InChI=1S/C21H18N4O5/c1-30-14-6-4-5-13(9-14)11-22-19(26)17-10-18(24-12-23-17)20(27)25-16-8-3-2-7-15(16)21(28)29/h2-10,12H,11H2,1H3,(H,22,26)(H,25,27)(H,28,29). The molecule has 0 saturated heterocycles. The molecule has 1 heterocycles. The van der Waals surface area contributed by atoms with Crippen molar-refractivity contribution in [2.45, 2.75) is 6.54 Å². The van der Waals surface area contributed by atoms with Crippen molar-refractivity contribution in [3.63, 3.8) is 0 Å². The lowest BCUT2D eigenvalue weighted by atomic mass is 10.1. The number of anilines is 1. The first-order chi connectivity index (χ1) is 14.5. The van der Waals surface area contributed by atoms with Crippen LogP contribution in [0.4, 0.5) is 5.69 Å². The highest BCUT2D eigenvalue weighted by atomic mass is 16.5. The molecule has 0 aliphatic carbocycles. The second-order valence-corrected chi connectivity index (χ2v) is 6.13. The number of carboxylic acid groups (broad SMARTS) is 1. The first-order valence-corrected chi connectivity index (χ1v) is 8.85. The lowest BCUT2D eigenvalue weighted by Gasteiger charge is -2.09. The third-order valence-electron chi connectivity index (χ3n) is 4.13. The number of aromatic nitrogens is 2. The number of carbonyl (C=O) groups excluding carboxylic acids is 2. The average molecular weight is 406 g/mol. The van der Waals surface area contributed by atoms with Gasteiger partial charge in [-0.25, -0.2) is 14.8 Å². The monoisotopic (exact) mass is 406 g/mol. The highest BCUT2D eigenvalue weighted by Crippen LogP contribution is 2.16. The van der Waals surface area contributed by atoms with Gasteiger partial charge in [-0.2, -0.15) is 0 Å². The lowest BCUT2D eigenvalue weighted by molar-refractivity contribution is 0.0697. The molecule has 1 aromatic heterocycles. The fourth-order valence-corrected chi connectivity index (χ4v) is 2.63. The Morgan fingerprint density at radius 3 is 2.43 bits per heavy atom. The van der Waals surface area contributed by atoms with Crippen LogP contribution in [0.2, 0.25) is 0 Å². The summed E-state index contributed by atoms with van der Waals surface area (Å²) >= 11 is 0. The zero-order chi connectivity index (χ0) is 21.5. The van der Waals surface area contributed by atoms with Crippen LogP contribution in [0.15, 0.2) is 60.9 Å². The van der Waals surface area contributed by atoms with Gasteiger partial charge in [0.25, 0.3) is 11.8 Å². The van der Waals surface area contributed by atoms with Gasteiger partial charge in [-0.15, -0.1) is 0 Å². The summed E-state index contributed by atoms with van der Waals surface area (Å²) in [6, 6.07) is 14.4. The Balaban J connectivity index is 1.70. The van der Waals surface area contributed by atoms with Gasteiger partial charge in [0.1, 0.15) is 23.5 Å². The normalized spacial score (nSPS) is 10.2. The Morgan fingerprint density at radius 2 is 1.70 bits per heavy atom. The minimum atomic E-state index is -1.17. The van der Waals surface area contributed by atoms with Crippen LogP contribution in [0.3, 0.4) is 0 Å². The Labute approximate surface area is 171 Å². The third-order valence-corrected chi connectivity index (χ3v) is 4.13. The summed E-state index contributed by atoms with van der Waals surface area (Å²) in [5, 5.41) is 14.4. The van der Waals surface area contributed by atoms with E-state index in [4.69, 9.17) is 4.74 Å². The van der Waals surface area contributed by atoms with E-state index < -0.39 is 17.8 Å². The number of nitrogens with one attached hydrogen (secondary N) is 2. The highest BCUT2D eigenvalue weighted by Gasteiger charge is 2.16. The molecule has 152 valence electrons. The minimum Gasteiger partial charge on any atom is -0.497 e. The summed E-state index contributed by atoms with van der Waals surface area (Å²) in [6.07, 6.45) is 1.10. The van der Waals surface area contributed by atoms with Gasteiger partial charge in [-0.3, -0.25) is 9.59 Å². The van der Waals surface area contributed by atoms with Crippen LogP contribution in [0.1, 0.15) is 36.9 Å². The first kappa shape index (κ1) is 20.5. The molecule has 30 heavy (non-hydrogen) atoms. The van der Waals surface area contributed by atoms with Gasteiger partial charge in [0, 0.05) is 12.6 Å². The molecule has 0 bridgehead atoms. The molecule has 0 fully saturated rings. The molecular weight excluding hydrogens is 388 g/mol. The highest BCUT2D eigenvalue weighted by molar-refractivity contribution is 6.07. The largest absolute Gasteiger partial charge is 0.497 e. The topological polar surface area (TPSA) is 131 Å². The molecule has 2 amide bonds. The van der Waals surface area contributed by atoms with E-state index in [2.05, 4.69) is 20.6 Å². The number of aromatic carboxylic acids is 1. The fourth-order valence-electron chi connectivity index (χ4n) is 2.63. The van der Waals surface area contributed by atoms with Crippen molar-refractivity contribution in [3.05, 3.63) is 83.4 Å². The Bertz CT molecular complexity index is 1100. The van der Waals surface area contributed by atoms with Crippen LogP contribution >= 0.6 is 0 Å². The van der Waals surface area contributed by atoms with E-state index in [1.807, 2.05) is 12.1 Å². The second-order valence-electron chi connectivity index (χ2n) is 6.13. The van der Waals surface area contributed by atoms with E-state index in [0.29, 0.717) is 5.75 Å². The van der Waals surface area contributed by atoms with Gasteiger partial charge in [-0.05, 0) is 29.8 Å². The number of rotatable bonds is 7. The van der Waals surface area contributed by atoms with Crippen LogP contribution in [0.25, 0.3) is 0 Å². The maximum atomic E-state index is 12.5. The Morgan fingerprint density at radius 1 is 0.967 bits per heavy atom. The third kappa shape index (κ3) is 4.96. The molecule has 0 aliphatic rings. The SMILES string of the molecule is COc1cccc(CNC(=O)c2cc(C(=O)Nc3ccccc3C(=O)O)ncn2)c1. The number of nitrogens with zero attached hydrogens (tertiary/aromatic N) is 2. The molecule has 9 nitrogen and oxygen atoms in total. The smallest absolute Gasteiger partial charge is 0.337 e. The predicted octanol–water partition coefficient (Wildman–Crippen LogP) is 2.37. The molecule has 0 unspecified atom stereocenters. The minimum absolute atomic E-state index is 0.00423. The van der Waals surface area contributed by atoms with Crippen LogP contribution in [0.5, 0.6) is 5.75 Å². The molecule has 0 aliphatic heterocycles. The number of hydrogen-bond acceptors (Lipinski definition) is 6. The Kier molecular flexibility index (Phi) is 6.33. The maximum Gasteiger partial charge on any atom is 0.337 e. The van der Waals surface area contributed by atoms with Gasteiger partial charge in [0.15, 0.2) is 0 Å². The molecule has 0 spiro atoms. The zero-order valence-electron chi connectivity index (χ0n) is 16.0. The summed E-state index contributed by atoms with van der Waals surface area (Å²) in [5.41, 5.74) is 0.829. The summed E-state index contributed by atoms with van der Waals surface area (Å²) in [4.78, 5) is 43.9. The van der Waals surface area contributed by atoms with E-state index >= 15 is 0 Å². The number of hydrogen-bond donors (Lipinski definition) is 3. The Hall–Kier alpha value is -4.27. The van der Waals surface area contributed by atoms with Crippen molar-refractivity contribution in [2.24, 2.45) is 0 Å². The average Bonchev–Trinajstić information content (AvgIpc) is 2.78. The molecule has 0 radical (unpaired) electrons. The maximum absolute atomic E-state index is 12.5. The number of benzene rings is 2. The molecule has 0 atom stereocenters. The van der Waals surface area contributed by atoms with Crippen LogP contribution < -0.4 is 15.4 Å². The molecule has 3 rings (SSSR count). The van der Waals surface area contributed by atoms with Crippen LogP contribution in [-0.2, 0) is 6.54 Å². The number of amides is 2. The molecule has 3 N–H and O–H groups in total. The zero-order valence-corrected chi connectivity index (χ0v) is 16.0. The summed E-state index contributed by atoms with van der Waals surface area (Å²) in [5.74, 6) is -1.65. The van der Waals surface area contributed by atoms with Crippen molar-refractivity contribution in [1.82, 2.24) is 15.3 Å². The van der Waals surface area contributed by atoms with Crippen molar-refractivity contribution in [2.75, 3.05) is 12.4 Å². The van der Waals surface area contributed by atoms with Gasteiger partial charge < -0.3 is 20.5 Å². The summed E-state index contributed by atoms with van der Waals surface area (Å²) in [7, 11) is 1.56.